The lowest BCUT2D eigenvalue weighted by Gasteiger charge is -2.12. The number of hydrogen-bond acceptors (Lipinski definition) is 6. The van der Waals surface area contributed by atoms with E-state index in [0.717, 1.165) is 17.5 Å². The van der Waals surface area contributed by atoms with Crippen molar-refractivity contribution in [2.45, 2.75) is 6.54 Å². The second-order valence-electron chi connectivity index (χ2n) is 4.85. The van der Waals surface area contributed by atoms with Gasteiger partial charge in [-0.15, -0.1) is 0 Å². The molecule has 2 aromatic rings. The molecule has 0 aliphatic carbocycles. The molecule has 0 radical (unpaired) electrons. The normalized spacial score (nSPS) is 10.9. The Morgan fingerprint density at radius 1 is 1.00 bits per heavy atom. The standard InChI is InChI=1S/C16H19NO5S/c1-20-14-8-7-12(16(10-14)21-2)11-17-13-5-4-6-15(9-13)22-23(3,18)19/h4-10,17H,11H2,1-3H3. The van der Waals surface area contributed by atoms with Gasteiger partial charge in [-0.25, -0.2) is 0 Å². The Morgan fingerprint density at radius 2 is 1.78 bits per heavy atom. The molecule has 0 bridgehead atoms. The van der Waals surface area contributed by atoms with Crippen LogP contribution in [0.1, 0.15) is 5.56 Å². The minimum absolute atomic E-state index is 0.263. The zero-order valence-electron chi connectivity index (χ0n) is 13.2. The van der Waals surface area contributed by atoms with Gasteiger partial charge in [0.15, 0.2) is 0 Å². The third kappa shape index (κ3) is 5.07. The lowest BCUT2D eigenvalue weighted by molar-refractivity contribution is 0.391. The minimum Gasteiger partial charge on any atom is -0.497 e. The first-order valence-electron chi connectivity index (χ1n) is 6.85. The number of benzene rings is 2. The molecule has 6 nitrogen and oxygen atoms in total. The topological polar surface area (TPSA) is 73.9 Å². The molecule has 0 fully saturated rings. The third-order valence-corrected chi connectivity index (χ3v) is 3.55. The van der Waals surface area contributed by atoms with E-state index in [4.69, 9.17) is 13.7 Å². The van der Waals surface area contributed by atoms with Crippen LogP contribution in [0.4, 0.5) is 5.69 Å². The van der Waals surface area contributed by atoms with Crippen molar-refractivity contribution in [1.29, 1.82) is 0 Å². The summed E-state index contributed by atoms with van der Waals surface area (Å²) in [6.07, 6.45) is 1.01. The first-order valence-corrected chi connectivity index (χ1v) is 8.67. The fraction of sp³-hybridized carbons (Fsp3) is 0.250. The summed E-state index contributed by atoms with van der Waals surface area (Å²) in [7, 11) is -0.348. The quantitative estimate of drug-likeness (QED) is 0.783. The molecule has 124 valence electrons. The van der Waals surface area contributed by atoms with Crippen molar-refractivity contribution in [2.24, 2.45) is 0 Å². The van der Waals surface area contributed by atoms with E-state index in [1.807, 2.05) is 18.2 Å². The van der Waals surface area contributed by atoms with Crippen molar-refractivity contribution in [3.05, 3.63) is 48.0 Å². The first kappa shape index (κ1) is 17.0. The van der Waals surface area contributed by atoms with Crippen molar-refractivity contribution in [3.8, 4) is 17.2 Å². The molecule has 1 N–H and O–H groups in total. The van der Waals surface area contributed by atoms with E-state index in [-0.39, 0.29) is 5.75 Å². The summed E-state index contributed by atoms with van der Waals surface area (Å²) in [5, 5.41) is 3.20. The van der Waals surface area contributed by atoms with Crippen LogP contribution in [0.15, 0.2) is 42.5 Å². The molecule has 0 heterocycles. The molecule has 0 spiro atoms. The number of anilines is 1. The Bertz CT molecular complexity index is 774. The van der Waals surface area contributed by atoms with E-state index in [1.165, 1.54) is 0 Å². The largest absolute Gasteiger partial charge is 0.497 e. The summed E-state index contributed by atoms with van der Waals surface area (Å²) in [4.78, 5) is 0. The fourth-order valence-corrected chi connectivity index (χ4v) is 2.48. The third-order valence-electron chi connectivity index (χ3n) is 3.06. The van der Waals surface area contributed by atoms with Gasteiger partial charge in [0.1, 0.15) is 17.2 Å². The average molecular weight is 337 g/mol. The molecule has 7 heteroatoms. The molecule has 2 aromatic carbocycles. The molecule has 0 saturated carbocycles. The Morgan fingerprint density at radius 3 is 2.43 bits per heavy atom. The van der Waals surface area contributed by atoms with Gasteiger partial charge >= 0.3 is 10.1 Å². The average Bonchev–Trinajstić information content (AvgIpc) is 2.51. The van der Waals surface area contributed by atoms with E-state index in [9.17, 15) is 8.42 Å². The van der Waals surface area contributed by atoms with Crippen LogP contribution >= 0.6 is 0 Å². The van der Waals surface area contributed by atoms with Gasteiger partial charge in [0.25, 0.3) is 0 Å². The van der Waals surface area contributed by atoms with E-state index in [1.54, 1.807) is 38.5 Å². The molecule has 0 aromatic heterocycles. The van der Waals surface area contributed by atoms with Crippen molar-refractivity contribution >= 4 is 15.8 Å². The number of hydrogen-bond donors (Lipinski definition) is 1. The number of methoxy groups -OCH3 is 2. The van der Waals surface area contributed by atoms with Crippen LogP contribution in [0.2, 0.25) is 0 Å². The van der Waals surface area contributed by atoms with Crippen molar-refractivity contribution < 1.29 is 22.1 Å². The first-order chi connectivity index (χ1) is 10.9. The molecule has 0 saturated heterocycles. The van der Waals surface area contributed by atoms with Crippen LogP contribution in [0.25, 0.3) is 0 Å². The predicted octanol–water partition coefficient (Wildman–Crippen LogP) is 2.65. The zero-order chi connectivity index (χ0) is 16.9. The van der Waals surface area contributed by atoms with E-state index in [0.29, 0.717) is 18.0 Å². The van der Waals surface area contributed by atoms with Crippen LogP contribution in [-0.2, 0) is 16.7 Å². The van der Waals surface area contributed by atoms with Crippen molar-refractivity contribution in [2.75, 3.05) is 25.8 Å². The zero-order valence-corrected chi connectivity index (χ0v) is 14.0. The van der Waals surface area contributed by atoms with Crippen molar-refractivity contribution in [3.63, 3.8) is 0 Å². The highest BCUT2D eigenvalue weighted by atomic mass is 32.2. The van der Waals surface area contributed by atoms with Gasteiger partial charge in [0.2, 0.25) is 0 Å². The molecule has 0 unspecified atom stereocenters. The Labute approximate surface area is 136 Å². The lowest BCUT2D eigenvalue weighted by atomic mass is 10.2. The highest BCUT2D eigenvalue weighted by Crippen LogP contribution is 2.26. The minimum atomic E-state index is -3.54. The fourth-order valence-electron chi connectivity index (χ4n) is 2.03. The molecule has 0 aliphatic rings. The van der Waals surface area contributed by atoms with Gasteiger partial charge in [0.05, 0.1) is 20.5 Å². The van der Waals surface area contributed by atoms with E-state index >= 15 is 0 Å². The molecule has 2 rings (SSSR count). The Balaban J connectivity index is 2.10. The Hall–Kier alpha value is -2.41. The second-order valence-corrected chi connectivity index (χ2v) is 6.42. The maximum atomic E-state index is 11.2. The molecule has 23 heavy (non-hydrogen) atoms. The maximum Gasteiger partial charge on any atom is 0.306 e. The maximum absolute atomic E-state index is 11.2. The highest BCUT2D eigenvalue weighted by molar-refractivity contribution is 7.86. The summed E-state index contributed by atoms with van der Waals surface area (Å²) in [5.74, 6) is 1.69. The summed E-state index contributed by atoms with van der Waals surface area (Å²) in [5.41, 5.74) is 1.69. The van der Waals surface area contributed by atoms with Gasteiger partial charge in [-0.05, 0) is 24.3 Å². The van der Waals surface area contributed by atoms with Gasteiger partial charge in [-0.3, -0.25) is 0 Å². The number of rotatable bonds is 7. The lowest BCUT2D eigenvalue weighted by Crippen LogP contribution is -2.06. The van der Waals surface area contributed by atoms with E-state index < -0.39 is 10.1 Å². The SMILES string of the molecule is COc1ccc(CNc2cccc(OS(C)(=O)=O)c2)c(OC)c1. The summed E-state index contributed by atoms with van der Waals surface area (Å²) in [6.45, 7) is 0.509. The highest BCUT2D eigenvalue weighted by Gasteiger charge is 2.07. The molecule has 0 amide bonds. The number of ether oxygens (including phenoxy) is 2. The smallest absolute Gasteiger partial charge is 0.306 e. The van der Waals surface area contributed by atoms with Crippen LogP contribution in [-0.4, -0.2) is 28.9 Å². The van der Waals surface area contributed by atoms with Crippen LogP contribution < -0.4 is 19.0 Å². The molecular weight excluding hydrogens is 318 g/mol. The molecule has 0 atom stereocenters. The van der Waals surface area contributed by atoms with Gasteiger partial charge in [-0.1, -0.05) is 6.07 Å². The number of nitrogens with one attached hydrogen (secondary N) is 1. The molecule has 0 aliphatic heterocycles. The molecular formula is C16H19NO5S. The van der Waals surface area contributed by atoms with Crippen molar-refractivity contribution in [1.82, 2.24) is 0 Å². The van der Waals surface area contributed by atoms with Gasteiger partial charge < -0.3 is 19.0 Å². The summed E-state index contributed by atoms with van der Waals surface area (Å²) < 4.78 is 37.7. The predicted molar refractivity (Wildman–Crippen MR) is 88.8 cm³/mol. The summed E-state index contributed by atoms with van der Waals surface area (Å²) in [6, 6.07) is 12.3. The van der Waals surface area contributed by atoms with Crippen LogP contribution in [0, 0.1) is 0 Å². The monoisotopic (exact) mass is 337 g/mol. The van der Waals surface area contributed by atoms with Crippen LogP contribution in [0.5, 0.6) is 17.2 Å². The second kappa shape index (κ2) is 7.23. The van der Waals surface area contributed by atoms with Gasteiger partial charge in [0, 0.05) is 29.9 Å². The summed E-state index contributed by atoms with van der Waals surface area (Å²) >= 11 is 0. The van der Waals surface area contributed by atoms with E-state index in [2.05, 4.69) is 5.32 Å². The van der Waals surface area contributed by atoms with Gasteiger partial charge in [-0.2, -0.15) is 8.42 Å². The van der Waals surface area contributed by atoms with Crippen LogP contribution in [0.3, 0.4) is 0 Å². The Kier molecular flexibility index (Phi) is 5.33.